The van der Waals surface area contributed by atoms with Gasteiger partial charge in [-0.1, -0.05) is 140 Å². The normalized spacial score (nSPS) is 11.7. The molecule has 13 rings (SSSR count). The van der Waals surface area contributed by atoms with Gasteiger partial charge in [-0.2, -0.15) is 0 Å². The highest BCUT2D eigenvalue weighted by Gasteiger charge is 2.21. The molecule has 4 aromatic heterocycles. The lowest BCUT2D eigenvalue weighted by Crippen LogP contribution is -2.00. The van der Waals surface area contributed by atoms with Crippen molar-refractivity contribution < 1.29 is 4.42 Å². The van der Waals surface area contributed by atoms with Crippen molar-refractivity contribution in [2.45, 2.75) is 0 Å². The van der Waals surface area contributed by atoms with E-state index in [0.717, 1.165) is 88.7 Å². The van der Waals surface area contributed by atoms with Gasteiger partial charge in [-0.15, -0.1) is 0 Å². The first kappa shape index (κ1) is 36.7. The molecule has 0 fully saturated rings. The van der Waals surface area contributed by atoms with Crippen LogP contribution >= 0.6 is 0 Å². The molecule has 7 nitrogen and oxygen atoms in total. The highest BCUT2D eigenvalue weighted by atomic mass is 16.3. The van der Waals surface area contributed by atoms with Crippen LogP contribution in [0.15, 0.2) is 223 Å². The zero-order valence-electron chi connectivity index (χ0n) is 34.9. The Morgan fingerprint density at radius 1 is 0.323 bits per heavy atom. The minimum absolute atomic E-state index is 0.610. The topological polar surface area (TPSA) is 74.6 Å². The molecule has 13 aromatic rings. The number of fused-ring (bicyclic) bond motifs is 7. The Kier molecular flexibility index (Phi) is 8.39. The molecule has 9 aromatic carbocycles. The third-order valence-corrected chi connectivity index (χ3v) is 12.4. The van der Waals surface area contributed by atoms with Gasteiger partial charge >= 0.3 is 0 Å². The van der Waals surface area contributed by atoms with Crippen molar-refractivity contribution in [1.82, 2.24) is 29.1 Å². The first-order valence-electron chi connectivity index (χ1n) is 21.7. The Morgan fingerprint density at radius 2 is 0.846 bits per heavy atom. The maximum absolute atomic E-state index is 6.45. The van der Waals surface area contributed by atoms with Gasteiger partial charge < -0.3 is 13.6 Å². The number of hydrogen-bond donors (Lipinski definition) is 0. The van der Waals surface area contributed by atoms with Gasteiger partial charge in [0.05, 0.1) is 22.1 Å². The lowest BCUT2D eigenvalue weighted by atomic mass is 9.99. The minimum atomic E-state index is 0.610. The van der Waals surface area contributed by atoms with Crippen LogP contribution < -0.4 is 0 Å². The van der Waals surface area contributed by atoms with Crippen molar-refractivity contribution in [2.75, 3.05) is 0 Å². The van der Waals surface area contributed by atoms with Crippen molar-refractivity contribution >= 4 is 54.7 Å². The molecule has 0 amide bonds. The van der Waals surface area contributed by atoms with Crippen LogP contribution in [0, 0.1) is 0 Å². The molecule has 0 unspecified atom stereocenters. The second-order valence-corrected chi connectivity index (χ2v) is 16.3. The smallest absolute Gasteiger partial charge is 0.227 e. The Morgan fingerprint density at radius 3 is 1.52 bits per heavy atom. The molecule has 304 valence electrons. The fraction of sp³-hybridized carbons (Fsp3) is 0. The first-order chi connectivity index (χ1) is 32.2. The summed E-state index contributed by atoms with van der Waals surface area (Å²) in [5.41, 5.74) is 14.1. The molecule has 65 heavy (non-hydrogen) atoms. The summed E-state index contributed by atoms with van der Waals surface area (Å²) < 4.78 is 11.2. The second kappa shape index (κ2) is 14.9. The molecule has 7 heteroatoms. The van der Waals surface area contributed by atoms with Crippen LogP contribution in [0.3, 0.4) is 0 Å². The molecule has 4 heterocycles. The Balaban J connectivity index is 0.981. The molecule has 0 atom stereocenters. The third kappa shape index (κ3) is 6.13. The summed E-state index contributed by atoms with van der Waals surface area (Å²) >= 11 is 0. The monoisotopic (exact) mass is 832 g/mol. The van der Waals surface area contributed by atoms with Crippen LogP contribution in [0.2, 0.25) is 0 Å². The largest absolute Gasteiger partial charge is 0.436 e. The number of benzene rings is 9. The predicted molar refractivity (Wildman–Crippen MR) is 263 cm³/mol. The first-order valence-corrected chi connectivity index (χ1v) is 21.7. The second-order valence-electron chi connectivity index (χ2n) is 16.3. The van der Waals surface area contributed by atoms with Crippen molar-refractivity contribution in [3.8, 4) is 68.1 Å². The SMILES string of the molecule is c1ccc(-c2nc(-c3ccccc3)nc(-c3ccc(-n4c5ccccc5c5cccc(-c6ccc7c(c6)c6cc8oc(-c9ccccc9)nc8cc6n7-c6ccccc6)c54)cc3)n2)cc1. The van der Waals surface area contributed by atoms with Gasteiger partial charge in [-0.25, -0.2) is 19.9 Å². The van der Waals surface area contributed by atoms with Crippen molar-refractivity contribution in [2.24, 2.45) is 0 Å². The lowest BCUT2D eigenvalue weighted by molar-refractivity contribution is 0.620. The summed E-state index contributed by atoms with van der Waals surface area (Å²) in [4.78, 5) is 19.9. The Labute approximate surface area is 373 Å². The van der Waals surface area contributed by atoms with E-state index >= 15 is 0 Å². The molecule has 0 N–H and O–H groups in total. The number of rotatable bonds is 7. The number of hydrogen-bond acceptors (Lipinski definition) is 5. The van der Waals surface area contributed by atoms with Crippen LogP contribution in [-0.2, 0) is 0 Å². The van der Waals surface area contributed by atoms with Gasteiger partial charge in [0.15, 0.2) is 23.1 Å². The number of oxazole rings is 1. The molecule has 0 aliphatic heterocycles. The Bertz CT molecular complexity index is 3860. The lowest BCUT2D eigenvalue weighted by Gasteiger charge is -2.13. The van der Waals surface area contributed by atoms with E-state index in [4.69, 9.17) is 24.4 Å². The third-order valence-electron chi connectivity index (χ3n) is 12.4. The zero-order valence-corrected chi connectivity index (χ0v) is 34.9. The van der Waals surface area contributed by atoms with E-state index < -0.39 is 0 Å². The van der Waals surface area contributed by atoms with Crippen LogP contribution in [0.4, 0.5) is 0 Å². The predicted octanol–water partition coefficient (Wildman–Crippen LogP) is 14.5. The highest BCUT2D eigenvalue weighted by molar-refractivity contribution is 6.16. The molecular formula is C58H36N6O. The van der Waals surface area contributed by atoms with E-state index in [1.807, 2.05) is 91.0 Å². The van der Waals surface area contributed by atoms with E-state index in [9.17, 15) is 0 Å². The van der Waals surface area contributed by atoms with Crippen LogP contribution in [-0.4, -0.2) is 29.1 Å². The number of para-hydroxylation sites is 3. The zero-order chi connectivity index (χ0) is 42.8. The minimum Gasteiger partial charge on any atom is -0.436 e. The molecule has 0 radical (unpaired) electrons. The number of nitrogens with zero attached hydrogens (tertiary/aromatic N) is 6. The van der Waals surface area contributed by atoms with Gasteiger partial charge in [0.25, 0.3) is 0 Å². The van der Waals surface area contributed by atoms with Gasteiger partial charge in [0, 0.05) is 60.7 Å². The van der Waals surface area contributed by atoms with Crippen LogP contribution in [0.1, 0.15) is 0 Å². The fourth-order valence-electron chi connectivity index (χ4n) is 9.38. The number of aromatic nitrogens is 6. The molecule has 0 saturated heterocycles. The maximum Gasteiger partial charge on any atom is 0.227 e. The summed E-state index contributed by atoms with van der Waals surface area (Å²) in [6, 6.07) is 75.9. The average molecular weight is 833 g/mol. The van der Waals surface area contributed by atoms with E-state index in [0.29, 0.717) is 23.4 Å². The highest BCUT2D eigenvalue weighted by Crippen LogP contribution is 2.42. The molecule has 0 saturated carbocycles. The molecular weight excluding hydrogens is 797 g/mol. The standard InChI is InChI=1S/C58H36N6O/c1-5-16-37(17-6-1)55-60-56(38-18-7-2-8-19-38)62-57(61-55)39-28-31-43(32-29-39)64-50-27-14-13-24-45(50)46-26-15-25-44(54(46)64)41-30-33-51-47(34-41)48-35-53-49(59-58(65-53)40-20-9-3-10-21-40)36-52(48)63(51)42-22-11-4-12-23-42/h1-36H. The van der Waals surface area contributed by atoms with E-state index in [1.165, 1.54) is 10.8 Å². The summed E-state index contributed by atoms with van der Waals surface area (Å²) in [7, 11) is 0. The quantitative estimate of drug-likeness (QED) is 0.160. The molecule has 0 bridgehead atoms. The average Bonchev–Trinajstić information content (AvgIpc) is 4.06. The van der Waals surface area contributed by atoms with E-state index in [1.54, 1.807) is 0 Å². The van der Waals surface area contributed by atoms with E-state index in [2.05, 4.69) is 137 Å². The summed E-state index contributed by atoms with van der Waals surface area (Å²) in [6.07, 6.45) is 0. The van der Waals surface area contributed by atoms with Gasteiger partial charge in [-0.05, 0) is 84.4 Å². The van der Waals surface area contributed by atoms with Crippen LogP contribution in [0.5, 0.6) is 0 Å². The Hall–Kier alpha value is -8.94. The van der Waals surface area contributed by atoms with Crippen molar-refractivity contribution in [3.63, 3.8) is 0 Å². The van der Waals surface area contributed by atoms with Gasteiger partial charge in [0.2, 0.25) is 5.89 Å². The van der Waals surface area contributed by atoms with Crippen molar-refractivity contribution in [1.29, 1.82) is 0 Å². The van der Waals surface area contributed by atoms with Gasteiger partial charge in [0.1, 0.15) is 5.52 Å². The maximum atomic E-state index is 6.45. The summed E-state index contributed by atoms with van der Waals surface area (Å²) in [5, 5.41) is 4.60. The van der Waals surface area contributed by atoms with E-state index in [-0.39, 0.29) is 0 Å². The molecule has 0 aliphatic carbocycles. The fourth-order valence-corrected chi connectivity index (χ4v) is 9.38. The summed E-state index contributed by atoms with van der Waals surface area (Å²) in [6.45, 7) is 0. The van der Waals surface area contributed by atoms with Crippen molar-refractivity contribution in [3.05, 3.63) is 218 Å². The molecule has 0 aliphatic rings. The molecule has 0 spiro atoms. The van der Waals surface area contributed by atoms with Crippen LogP contribution in [0.25, 0.3) is 123 Å². The van der Waals surface area contributed by atoms with Gasteiger partial charge in [-0.3, -0.25) is 0 Å². The summed E-state index contributed by atoms with van der Waals surface area (Å²) in [5.74, 6) is 2.50.